The van der Waals surface area contributed by atoms with E-state index in [2.05, 4.69) is 141 Å². The summed E-state index contributed by atoms with van der Waals surface area (Å²) in [7, 11) is 0. The molecule has 0 spiro atoms. The van der Waals surface area contributed by atoms with Gasteiger partial charge in [0, 0.05) is 34.9 Å². The van der Waals surface area contributed by atoms with Gasteiger partial charge < -0.3 is 5.21 Å². The van der Waals surface area contributed by atoms with Crippen LogP contribution in [0.5, 0.6) is 0 Å². The highest BCUT2D eigenvalue weighted by molar-refractivity contribution is 5.84. The number of rotatable bonds is 24. The molecule has 1 aliphatic carbocycles. The summed E-state index contributed by atoms with van der Waals surface area (Å²) in [5.74, 6) is 0. The van der Waals surface area contributed by atoms with Crippen molar-refractivity contribution in [1.82, 2.24) is 10.0 Å². The van der Waals surface area contributed by atoms with Crippen LogP contribution in [-0.4, -0.2) is 57.8 Å². The third-order valence-electron chi connectivity index (χ3n) is 13.4. The van der Waals surface area contributed by atoms with Crippen molar-refractivity contribution < 1.29 is 15.1 Å². The summed E-state index contributed by atoms with van der Waals surface area (Å²) in [6.45, 7) is 31.5. The second-order valence-electron chi connectivity index (χ2n) is 17.7. The van der Waals surface area contributed by atoms with E-state index in [-0.39, 0.29) is 20.9 Å². The van der Waals surface area contributed by atoms with Crippen molar-refractivity contribution >= 4 is 0 Å². The van der Waals surface area contributed by atoms with Gasteiger partial charge in [0.25, 0.3) is 0 Å². The maximum Gasteiger partial charge on any atom is 0.109 e. The van der Waals surface area contributed by atoms with Crippen LogP contribution in [0, 0.1) is 0 Å². The summed E-state index contributed by atoms with van der Waals surface area (Å²) in [5.41, 5.74) is 11.9. The highest BCUT2D eigenvalue weighted by atomic mass is 16.5. The van der Waals surface area contributed by atoms with Gasteiger partial charge in [0.1, 0.15) is 19.6 Å². The van der Waals surface area contributed by atoms with E-state index < -0.39 is 0 Å². The van der Waals surface area contributed by atoms with Crippen molar-refractivity contribution in [3.05, 3.63) is 126 Å². The van der Waals surface area contributed by atoms with Crippen LogP contribution in [0.25, 0.3) is 22.4 Å². The van der Waals surface area contributed by atoms with Crippen molar-refractivity contribution in [3.63, 3.8) is 0 Å². The summed E-state index contributed by atoms with van der Waals surface area (Å²) in [5, 5.41) is 22.4. The Morgan fingerprint density at radius 3 is 2.04 bits per heavy atom. The normalized spacial score (nSPS) is 16.0. The van der Waals surface area contributed by atoms with Crippen LogP contribution in [0.4, 0.5) is 0 Å². The summed E-state index contributed by atoms with van der Waals surface area (Å²) in [4.78, 5) is 5.28. The number of allylic oxidation sites excluding steroid dienone is 6. The highest BCUT2D eigenvalue weighted by Crippen LogP contribution is 2.56. The summed E-state index contributed by atoms with van der Waals surface area (Å²) >= 11 is 0. The molecule has 5 nitrogen and oxygen atoms in total. The number of benzene rings is 2. The molecule has 0 fully saturated rings. The van der Waals surface area contributed by atoms with Gasteiger partial charge in [-0.15, -0.1) is 0 Å². The molecule has 4 rings (SSSR count). The van der Waals surface area contributed by atoms with Crippen LogP contribution in [0.2, 0.25) is 0 Å². The number of hydrogen-bond acceptors (Lipinski definition) is 4. The van der Waals surface area contributed by atoms with E-state index in [0.29, 0.717) is 6.54 Å². The third-order valence-corrected chi connectivity index (χ3v) is 13.4. The molecule has 3 aromatic rings. The number of aromatic nitrogens is 1. The Morgan fingerprint density at radius 2 is 1.44 bits per heavy atom. The minimum absolute atomic E-state index is 0.152. The van der Waals surface area contributed by atoms with Gasteiger partial charge in [0.05, 0.1) is 11.4 Å². The van der Waals surface area contributed by atoms with Crippen molar-refractivity contribution in [2.75, 3.05) is 32.7 Å². The second-order valence-corrected chi connectivity index (χ2v) is 17.7. The third kappa shape index (κ3) is 10.7. The van der Waals surface area contributed by atoms with Gasteiger partial charge in [0.15, 0.2) is 0 Å². The number of unbranched alkanes of at least 4 members (excludes halogenated alkanes) is 6. The number of hydrogen-bond donors (Lipinski definition) is 2. The lowest BCUT2D eigenvalue weighted by atomic mass is 9.68. The highest BCUT2D eigenvalue weighted by Gasteiger charge is 2.43. The standard InChI is InChI=1S/C52H76N3O2/c1-12-26-42(27-13-2)51(10,11)43-31-33-45-44-32-30-41(48-28-25-29-49(53-48)50(8,9)40(6)7)38-46(44)52(47(45)39-43,34-21-17-19-23-36-54(56)14-3)35-22-18-20-24-37-55(57,15-4)16-5/h12-13,25-33,38-39,56-57H,1,6,14-24,34-37H2,2-5,7-11H3/q+1/b27-13-,42-26+. The molecule has 1 unspecified atom stereocenters. The quantitative estimate of drug-likeness (QED) is 0.0313. The molecule has 0 bridgehead atoms. The van der Waals surface area contributed by atoms with Crippen molar-refractivity contribution in [1.29, 1.82) is 0 Å². The summed E-state index contributed by atoms with van der Waals surface area (Å²) < 4.78 is 0.159. The first-order valence-corrected chi connectivity index (χ1v) is 22.1. The number of pyridine rings is 1. The first-order chi connectivity index (χ1) is 27.1. The van der Waals surface area contributed by atoms with Gasteiger partial charge in [0.2, 0.25) is 0 Å². The van der Waals surface area contributed by atoms with Gasteiger partial charge in [-0.05, 0) is 111 Å². The monoisotopic (exact) mass is 775 g/mol. The fraction of sp³-hybridized carbons (Fsp3) is 0.519. The second kappa shape index (κ2) is 20.4. The molecule has 0 amide bonds. The lowest BCUT2D eigenvalue weighted by Crippen LogP contribution is -2.44. The van der Waals surface area contributed by atoms with E-state index in [9.17, 15) is 10.4 Å². The molecular weight excluding hydrogens is 699 g/mol. The van der Waals surface area contributed by atoms with Gasteiger partial charge in [-0.25, -0.2) is 5.21 Å². The van der Waals surface area contributed by atoms with Gasteiger partial charge >= 0.3 is 0 Å². The molecular formula is C52H76N3O2+. The molecule has 5 heteroatoms. The lowest BCUT2D eigenvalue weighted by molar-refractivity contribution is -1.10. The summed E-state index contributed by atoms with van der Waals surface area (Å²) in [6.07, 6.45) is 19.3. The zero-order valence-corrected chi connectivity index (χ0v) is 37.3. The number of nitrogens with zero attached hydrogens (tertiary/aromatic N) is 3. The molecule has 2 aromatic carbocycles. The molecule has 2 N–H and O–H groups in total. The van der Waals surface area contributed by atoms with Crippen LogP contribution >= 0.6 is 0 Å². The maximum atomic E-state index is 10.9. The predicted octanol–water partition coefficient (Wildman–Crippen LogP) is 13.7. The molecule has 1 atom stereocenters. The SMILES string of the molecule is C=C/C=C(\C=C/C)C(C)(C)c1ccc2c(c1)C(CCCCCCN(O)CC)(CCCCCC[N+](O)(CC)CC)c1cc(-c3cccc(C(C)(C)C(=C)C)n3)ccc1-2. The largest absolute Gasteiger partial charge is 0.314 e. The zero-order valence-electron chi connectivity index (χ0n) is 37.3. The predicted molar refractivity (Wildman–Crippen MR) is 243 cm³/mol. The number of quaternary nitrogens is 1. The average molecular weight is 775 g/mol. The molecule has 0 radical (unpaired) electrons. The minimum atomic E-state index is -0.227. The first kappa shape index (κ1) is 46.1. The fourth-order valence-electron chi connectivity index (χ4n) is 8.77. The van der Waals surface area contributed by atoms with E-state index >= 15 is 0 Å². The van der Waals surface area contributed by atoms with Crippen LogP contribution in [-0.2, 0) is 16.2 Å². The molecule has 1 aromatic heterocycles. The molecule has 1 heterocycles. The van der Waals surface area contributed by atoms with Crippen molar-refractivity contribution in [2.45, 2.75) is 143 Å². The Hall–Kier alpha value is -3.61. The Kier molecular flexibility index (Phi) is 16.5. The zero-order chi connectivity index (χ0) is 41.9. The van der Waals surface area contributed by atoms with Crippen LogP contribution in [0.1, 0.15) is 149 Å². The smallest absolute Gasteiger partial charge is 0.109 e. The number of fused-ring (bicyclic) bond motifs is 3. The van der Waals surface area contributed by atoms with Crippen molar-refractivity contribution in [3.8, 4) is 22.4 Å². The molecule has 0 saturated heterocycles. The number of hydroxylamine groups is 5. The van der Waals surface area contributed by atoms with Gasteiger partial charge in [-0.2, -0.15) is 9.71 Å². The van der Waals surface area contributed by atoms with E-state index in [1.54, 1.807) is 0 Å². The Labute approximate surface area is 347 Å². The first-order valence-electron chi connectivity index (χ1n) is 22.1. The molecule has 1 aliphatic rings. The van der Waals surface area contributed by atoms with Gasteiger partial charge in [-0.3, -0.25) is 4.98 Å². The minimum Gasteiger partial charge on any atom is -0.314 e. The van der Waals surface area contributed by atoms with E-state index in [0.717, 1.165) is 113 Å². The molecule has 57 heavy (non-hydrogen) atoms. The molecule has 0 saturated carbocycles. The fourth-order valence-corrected chi connectivity index (χ4v) is 8.77. The Balaban J connectivity index is 1.84. The molecule has 0 aliphatic heterocycles. The van der Waals surface area contributed by atoms with Crippen molar-refractivity contribution in [2.24, 2.45) is 0 Å². The van der Waals surface area contributed by atoms with Crippen LogP contribution in [0.15, 0.2) is 103 Å². The van der Waals surface area contributed by atoms with Gasteiger partial charge in [-0.1, -0.05) is 146 Å². The topological polar surface area (TPSA) is 56.6 Å². The van der Waals surface area contributed by atoms with E-state index in [1.807, 2.05) is 13.0 Å². The van der Waals surface area contributed by atoms with E-state index in [1.165, 1.54) is 38.5 Å². The average Bonchev–Trinajstić information content (AvgIpc) is 3.48. The Morgan fingerprint density at radius 1 is 0.825 bits per heavy atom. The summed E-state index contributed by atoms with van der Waals surface area (Å²) in [6, 6.07) is 20.9. The lowest BCUT2D eigenvalue weighted by Gasteiger charge is -2.35. The molecule has 310 valence electrons. The maximum absolute atomic E-state index is 10.9. The Bertz CT molecular complexity index is 1860. The van der Waals surface area contributed by atoms with Crippen LogP contribution in [0.3, 0.4) is 0 Å². The van der Waals surface area contributed by atoms with Crippen LogP contribution < -0.4 is 0 Å². The van der Waals surface area contributed by atoms with E-state index in [4.69, 9.17) is 4.98 Å².